The van der Waals surface area contributed by atoms with Gasteiger partial charge in [-0.15, -0.1) is 11.8 Å². The lowest BCUT2D eigenvalue weighted by Crippen LogP contribution is -2.29. The summed E-state index contributed by atoms with van der Waals surface area (Å²) in [6, 6.07) is 3.95. The highest BCUT2D eigenvalue weighted by atomic mass is 32.2. The van der Waals surface area contributed by atoms with Crippen LogP contribution in [0, 0.1) is 13.8 Å². The molecular weight excluding hydrogens is 484 g/mol. The number of nitrogens with one attached hydrogen (secondary N) is 1. The lowest BCUT2D eigenvalue weighted by Gasteiger charge is -2.19. The van der Waals surface area contributed by atoms with Gasteiger partial charge in [-0.25, -0.2) is 24.9 Å². The van der Waals surface area contributed by atoms with Crippen LogP contribution in [0.2, 0.25) is 0 Å². The number of fused-ring (bicyclic) bond motifs is 1. The molecule has 0 aromatic carbocycles. The highest BCUT2D eigenvalue weighted by Crippen LogP contribution is 2.43. The van der Waals surface area contributed by atoms with Crippen LogP contribution in [-0.4, -0.2) is 40.2 Å². The van der Waals surface area contributed by atoms with Gasteiger partial charge in [-0.1, -0.05) is 13.8 Å². The molecule has 37 heavy (non-hydrogen) atoms. The van der Waals surface area contributed by atoms with Gasteiger partial charge in [-0.05, 0) is 57.9 Å². The molecule has 0 unspecified atom stereocenters. The maximum absolute atomic E-state index is 13.7. The molecule has 0 bridgehead atoms. The van der Waals surface area contributed by atoms with Crippen LogP contribution < -0.4 is 10.9 Å². The van der Waals surface area contributed by atoms with Gasteiger partial charge in [0.05, 0.1) is 34.9 Å². The van der Waals surface area contributed by atoms with Gasteiger partial charge >= 0.3 is 0 Å². The van der Waals surface area contributed by atoms with Crippen LogP contribution in [0.4, 0.5) is 5.82 Å². The minimum absolute atomic E-state index is 0.0693. The van der Waals surface area contributed by atoms with E-state index < -0.39 is 0 Å². The first-order valence-electron chi connectivity index (χ1n) is 12.9. The molecule has 1 N–H and O–H groups in total. The fourth-order valence-electron chi connectivity index (χ4n) is 4.42. The predicted molar refractivity (Wildman–Crippen MR) is 147 cm³/mol. The molecule has 0 amide bonds. The van der Waals surface area contributed by atoms with Crippen molar-refractivity contribution in [2.75, 3.05) is 11.1 Å². The molecule has 9 nitrogen and oxygen atoms in total. The Morgan fingerprint density at radius 3 is 2.57 bits per heavy atom. The molecule has 1 saturated carbocycles. The van der Waals surface area contributed by atoms with Crippen LogP contribution >= 0.6 is 11.8 Å². The number of hydrogen-bond donors (Lipinski definition) is 1. The zero-order valence-electron chi connectivity index (χ0n) is 21.9. The molecule has 4 aromatic rings. The van der Waals surface area contributed by atoms with Crippen LogP contribution in [-0.2, 0) is 6.54 Å². The van der Waals surface area contributed by atoms with E-state index in [-0.39, 0.29) is 17.4 Å². The van der Waals surface area contributed by atoms with Crippen molar-refractivity contribution >= 4 is 28.7 Å². The molecule has 0 aliphatic heterocycles. The third-order valence-electron chi connectivity index (χ3n) is 6.74. The molecule has 0 spiro atoms. The van der Waals surface area contributed by atoms with Gasteiger partial charge in [0, 0.05) is 23.1 Å². The third kappa shape index (κ3) is 5.07. The van der Waals surface area contributed by atoms with Crippen LogP contribution in [0.3, 0.4) is 0 Å². The van der Waals surface area contributed by atoms with Crippen LogP contribution in [0.15, 0.2) is 34.3 Å². The molecule has 1 fully saturated rings. The number of rotatable bonds is 9. The first kappa shape index (κ1) is 25.3. The Bertz CT molecular complexity index is 1500. The number of hydrogen-bond acceptors (Lipinski definition) is 9. The predicted octanol–water partition coefficient (Wildman–Crippen LogP) is 5.23. The van der Waals surface area contributed by atoms with Crippen molar-refractivity contribution in [3.8, 4) is 11.4 Å². The second-order valence-electron chi connectivity index (χ2n) is 9.46. The van der Waals surface area contributed by atoms with E-state index in [0.717, 1.165) is 52.6 Å². The van der Waals surface area contributed by atoms with Crippen molar-refractivity contribution in [3.63, 3.8) is 0 Å². The number of thioether (sulfide) groups is 1. The lowest BCUT2D eigenvalue weighted by molar-refractivity contribution is 0.526. The highest BCUT2D eigenvalue weighted by Gasteiger charge is 2.30. The summed E-state index contributed by atoms with van der Waals surface area (Å²) in [7, 11) is 0. The van der Waals surface area contributed by atoms with E-state index in [1.165, 1.54) is 0 Å². The van der Waals surface area contributed by atoms with E-state index in [2.05, 4.69) is 34.1 Å². The Kier molecular flexibility index (Phi) is 7.19. The Morgan fingerprint density at radius 1 is 1.08 bits per heavy atom. The minimum Gasteiger partial charge on any atom is -0.360 e. The summed E-state index contributed by atoms with van der Waals surface area (Å²) in [5.74, 6) is 2.25. The largest absolute Gasteiger partial charge is 0.360 e. The molecule has 1 atom stereocenters. The first-order chi connectivity index (χ1) is 17.9. The number of anilines is 1. The lowest BCUT2D eigenvalue weighted by atomic mass is 10.1. The summed E-state index contributed by atoms with van der Waals surface area (Å²) in [6.07, 6.45) is 6.47. The third-order valence-corrected chi connectivity index (χ3v) is 7.61. The molecule has 192 valence electrons. The van der Waals surface area contributed by atoms with E-state index in [1.54, 1.807) is 22.7 Å². The van der Waals surface area contributed by atoms with E-state index in [9.17, 15) is 4.79 Å². The summed E-state index contributed by atoms with van der Waals surface area (Å²) in [6.45, 7) is 10.5. The highest BCUT2D eigenvalue weighted by molar-refractivity contribution is 7.99. The van der Waals surface area contributed by atoms with Gasteiger partial charge in [-0.3, -0.25) is 14.3 Å². The number of aryl methyl sites for hydroxylation is 2. The minimum atomic E-state index is -0.201. The molecule has 4 aromatic heterocycles. The maximum atomic E-state index is 13.7. The van der Waals surface area contributed by atoms with Crippen molar-refractivity contribution in [1.82, 2.24) is 34.5 Å². The normalized spacial score (nSPS) is 14.2. The van der Waals surface area contributed by atoms with Gasteiger partial charge < -0.3 is 5.32 Å². The van der Waals surface area contributed by atoms with Crippen molar-refractivity contribution < 1.29 is 0 Å². The number of nitrogens with zero attached hydrogens (tertiary/aromatic N) is 7. The number of pyridine rings is 1. The topological polar surface area (TPSA) is 111 Å². The van der Waals surface area contributed by atoms with Crippen LogP contribution in [0.25, 0.3) is 22.6 Å². The van der Waals surface area contributed by atoms with Crippen LogP contribution in [0.1, 0.15) is 74.8 Å². The molecule has 10 heteroatoms. The monoisotopic (exact) mass is 516 g/mol. The fraction of sp³-hybridized carbons (Fsp3) is 0.444. The fourth-order valence-corrected chi connectivity index (χ4v) is 5.04. The Morgan fingerprint density at radius 2 is 1.89 bits per heavy atom. The molecule has 5 rings (SSSR count). The smallest absolute Gasteiger partial charge is 0.295 e. The second kappa shape index (κ2) is 10.5. The summed E-state index contributed by atoms with van der Waals surface area (Å²) in [4.78, 5) is 42.8. The Labute approximate surface area is 220 Å². The number of aromatic nitrogens is 7. The Hall–Kier alpha value is -3.40. The van der Waals surface area contributed by atoms with Crippen molar-refractivity contribution in [2.24, 2.45) is 0 Å². The molecule has 4 heterocycles. The van der Waals surface area contributed by atoms with Gasteiger partial charge in [-0.2, -0.15) is 0 Å². The summed E-state index contributed by atoms with van der Waals surface area (Å²) in [5.41, 5.74) is 5.20. The average molecular weight is 517 g/mol. The average Bonchev–Trinajstić information content (AvgIpc) is 3.74. The van der Waals surface area contributed by atoms with E-state index in [1.807, 2.05) is 39.1 Å². The Balaban J connectivity index is 1.59. The first-order valence-corrected chi connectivity index (χ1v) is 13.8. The molecular formula is C27H32N8OS. The van der Waals surface area contributed by atoms with Crippen LogP contribution in [0.5, 0.6) is 0 Å². The van der Waals surface area contributed by atoms with Gasteiger partial charge in [0.25, 0.3) is 5.56 Å². The quantitative estimate of drug-likeness (QED) is 0.299. The molecule has 0 saturated heterocycles. The summed E-state index contributed by atoms with van der Waals surface area (Å²) < 4.78 is 1.74. The van der Waals surface area contributed by atoms with Crippen molar-refractivity contribution in [2.45, 2.75) is 77.3 Å². The zero-order chi connectivity index (χ0) is 26.1. The standard InChI is InChI=1S/C27H32N8OS/c1-6-15(3)35-26-22(33-25(27(35)36)29-12-19-10-11-20(13-28-19)37-7-2)17(5)32-24(34-26)21-16(4)30-14-31-23(21)18-8-9-18/h10-11,13-15,18H,6-9,12H2,1-5H3,(H,29,33)/t15-/m0/s1. The van der Waals surface area contributed by atoms with Crippen molar-refractivity contribution in [1.29, 1.82) is 0 Å². The summed E-state index contributed by atoms with van der Waals surface area (Å²) in [5, 5.41) is 3.22. The maximum Gasteiger partial charge on any atom is 0.295 e. The molecule has 1 aliphatic rings. The zero-order valence-corrected chi connectivity index (χ0v) is 22.8. The van der Waals surface area contributed by atoms with E-state index in [0.29, 0.717) is 35.1 Å². The van der Waals surface area contributed by atoms with E-state index >= 15 is 0 Å². The van der Waals surface area contributed by atoms with Gasteiger partial charge in [0.2, 0.25) is 0 Å². The summed E-state index contributed by atoms with van der Waals surface area (Å²) >= 11 is 1.75. The van der Waals surface area contributed by atoms with E-state index in [4.69, 9.17) is 15.0 Å². The van der Waals surface area contributed by atoms with Crippen molar-refractivity contribution in [3.05, 3.63) is 57.8 Å². The SMILES string of the molecule is CCSc1ccc(CNc2nc3c(C)nc(-c4c(C)ncnc4C4CC4)nc3n([C@@H](C)CC)c2=O)nc1. The molecule has 1 aliphatic carbocycles. The molecule has 0 radical (unpaired) electrons. The second-order valence-corrected chi connectivity index (χ2v) is 10.8. The van der Waals surface area contributed by atoms with Gasteiger partial charge in [0.1, 0.15) is 11.8 Å². The van der Waals surface area contributed by atoms with Gasteiger partial charge in [0.15, 0.2) is 17.3 Å².